The Balaban J connectivity index is 1.83. The Kier molecular flexibility index (Phi) is 7.35. The maximum absolute atomic E-state index is 12.3. The van der Waals surface area contributed by atoms with Gasteiger partial charge in [0.1, 0.15) is 6.04 Å². The van der Waals surface area contributed by atoms with Crippen molar-refractivity contribution in [3.63, 3.8) is 0 Å². The molecule has 0 saturated heterocycles. The van der Waals surface area contributed by atoms with Crippen LogP contribution in [0.3, 0.4) is 0 Å². The van der Waals surface area contributed by atoms with Gasteiger partial charge in [-0.05, 0) is 80.3 Å². The number of aliphatic carboxylic acids is 1. The average molecular weight is 485 g/mol. The minimum absolute atomic E-state index is 0.224. The topological polar surface area (TPSA) is 78.4 Å². The van der Waals surface area contributed by atoms with Crippen molar-refractivity contribution in [1.82, 2.24) is 5.32 Å². The lowest BCUT2D eigenvalue weighted by atomic mass is 9.92. The predicted octanol–water partition coefficient (Wildman–Crippen LogP) is 6.52. The van der Waals surface area contributed by atoms with E-state index in [0.29, 0.717) is 0 Å². The first-order valence-corrected chi connectivity index (χ1v) is 11.2. The van der Waals surface area contributed by atoms with Gasteiger partial charge in [-0.25, -0.2) is 0 Å². The standard InChI is InChI=1S/C26H26Cl2N2O3/c1-15-12-19(9-11-22(15)27)26(3,4)30-20-7-5-6-17(13-20)18-8-10-21(23(28)14-18)24(31)29-16(2)25(32)33/h5-14,16,30H,1-4H3,(H,29,31)(H,32,33). The number of rotatable bonds is 7. The summed E-state index contributed by atoms with van der Waals surface area (Å²) in [7, 11) is 0. The molecule has 33 heavy (non-hydrogen) atoms. The summed E-state index contributed by atoms with van der Waals surface area (Å²) >= 11 is 12.5. The molecule has 1 amide bonds. The van der Waals surface area contributed by atoms with E-state index in [1.807, 2.05) is 43.3 Å². The van der Waals surface area contributed by atoms with Gasteiger partial charge in [-0.15, -0.1) is 0 Å². The van der Waals surface area contributed by atoms with Gasteiger partial charge in [-0.3, -0.25) is 9.59 Å². The highest BCUT2D eigenvalue weighted by atomic mass is 35.5. The fourth-order valence-corrected chi connectivity index (χ4v) is 3.84. The highest BCUT2D eigenvalue weighted by Gasteiger charge is 2.21. The first-order chi connectivity index (χ1) is 15.5. The number of anilines is 1. The molecular weight excluding hydrogens is 459 g/mol. The normalized spacial score (nSPS) is 12.2. The second kappa shape index (κ2) is 9.86. The molecule has 5 nitrogen and oxygen atoms in total. The number of benzene rings is 3. The third kappa shape index (κ3) is 5.86. The first-order valence-electron chi connectivity index (χ1n) is 10.5. The Bertz CT molecular complexity index is 1210. The Hall–Kier alpha value is -3.02. The molecule has 0 spiro atoms. The van der Waals surface area contributed by atoms with Crippen LogP contribution < -0.4 is 10.6 Å². The van der Waals surface area contributed by atoms with Crippen molar-refractivity contribution in [2.45, 2.75) is 39.3 Å². The van der Waals surface area contributed by atoms with Crippen molar-refractivity contribution in [2.75, 3.05) is 5.32 Å². The van der Waals surface area contributed by atoms with Crippen molar-refractivity contribution in [3.05, 3.63) is 87.4 Å². The third-order valence-corrected chi connectivity index (χ3v) is 6.20. The van der Waals surface area contributed by atoms with Crippen LogP contribution in [-0.2, 0) is 10.3 Å². The number of amides is 1. The van der Waals surface area contributed by atoms with Crippen molar-refractivity contribution < 1.29 is 14.7 Å². The third-order valence-electron chi connectivity index (χ3n) is 5.46. The van der Waals surface area contributed by atoms with Crippen LogP contribution in [0, 0.1) is 6.92 Å². The number of hydrogen-bond donors (Lipinski definition) is 3. The first kappa shape index (κ1) is 24.6. The molecule has 3 rings (SSSR count). The molecule has 172 valence electrons. The summed E-state index contributed by atoms with van der Waals surface area (Å²) in [6.07, 6.45) is 0. The molecule has 0 aliphatic heterocycles. The van der Waals surface area contributed by atoms with Crippen LogP contribution in [0.1, 0.15) is 42.3 Å². The zero-order chi connectivity index (χ0) is 24.3. The van der Waals surface area contributed by atoms with Gasteiger partial charge in [0.05, 0.1) is 16.1 Å². The molecule has 1 atom stereocenters. The summed E-state index contributed by atoms with van der Waals surface area (Å²) < 4.78 is 0. The van der Waals surface area contributed by atoms with E-state index >= 15 is 0 Å². The molecule has 0 aliphatic carbocycles. The molecule has 3 N–H and O–H groups in total. The minimum atomic E-state index is -1.11. The second-order valence-corrected chi connectivity index (χ2v) is 9.34. The lowest BCUT2D eigenvalue weighted by Gasteiger charge is -2.29. The number of carboxylic acid groups (broad SMARTS) is 1. The van der Waals surface area contributed by atoms with E-state index < -0.39 is 17.9 Å². The van der Waals surface area contributed by atoms with Crippen molar-refractivity contribution >= 4 is 40.8 Å². The zero-order valence-electron chi connectivity index (χ0n) is 18.9. The highest BCUT2D eigenvalue weighted by Crippen LogP contribution is 2.32. The van der Waals surface area contributed by atoms with Crippen molar-refractivity contribution in [1.29, 1.82) is 0 Å². The monoisotopic (exact) mass is 484 g/mol. The molecule has 3 aromatic rings. The number of aryl methyl sites for hydroxylation is 1. The molecule has 0 radical (unpaired) electrons. The average Bonchev–Trinajstić information content (AvgIpc) is 2.75. The molecule has 0 heterocycles. The van der Waals surface area contributed by atoms with Gasteiger partial charge < -0.3 is 15.7 Å². The summed E-state index contributed by atoms with van der Waals surface area (Å²) in [5.74, 6) is -1.64. The number of halogens is 2. The summed E-state index contributed by atoms with van der Waals surface area (Å²) in [6, 6.07) is 18.0. The van der Waals surface area contributed by atoms with Crippen LogP contribution in [0.4, 0.5) is 5.69 Å². The van der Waals surface area contributed by atoms with Crippen molar-refractivity contribution in [2.24, 2.45) is 0 Å². The van der Waals surface area contributed by atoms with Gasteiger partial charge in [-0.1, -0.05) is 53.5 Å². The Morgan fingerprint density at radius 1 is 0.939 bits per heavy atom. The molecule has 0 aliphatic rings. The molecule has 0 saturated carbocycles. The Morgan fingerprint density at radius 2 is 1.64 bits per heavy atom. The van der Waals surface area contributed by atoms with Crippen LogP contribution >= 0.6 is 23.2 Å². The van der Waals surface area contributed by atoms with Crippen LogP contribution in [0.25, 0.3) is 11.1 Å². The fourth-order valence-electron chi connectivity index (χ4n) is 3.46. The van der Waals surface area contributed by atoms with Crippen LogP contribution in [0.5, 0.6) is 0 Å². The molecule has 3 aromatic carbocycles. The maximum atomic E-state index is 12.3. The predicted molar refractivity (Wildman–Crippen MR) is 134 cm³/mol. The summed E-state index contributed by atoms with van der Waals surface area (Å²) in [5.41, 5.74) is 4.72. The van der Waals surface area contributed by atoms with Crippen LogP contribution in [-0.4, -0.2) is 23.0 Å². The summed E-state index contributed by atoms with van der Waals surface area (Å²) in [5, 5.41) is 16.0. The number of carboxylic acids is 1. The minimum Gasteiger partial charge on any atom is -0.480 e. The lowest BCUT2D eigenvalue weighted by molar-refractivity contribution is -0.138. The van der Waals surface area contributed by atoms with E-state index in [4.69, 9.17) is 28.3 Å². The molecule has 0 bridgehead atoms. The highest BCUT2D eigenvalue weighted by molar-refractivity contribution is 6.34. The van der Waals surface area contributed by atoms with Gasteiger partial charge in [0.2, 0.25) is 0 Å². The van der Waals surface area contributed by atoms with Crippen LogP contribution in [0.2, 0.25) is 10.0 Å². The summed E-state index contributed by atoms with van der Waals surface area (Å²) in [6.45, 7) is 7.59. The van der Waals surface area contributed by atoms with Crippen molar-refractivity contribution in [3.8, 4) is 11.1 Å². The molecule has 1 unspecified atom stereocenters. The molecule has 7 heteroatoms. The van der Waals surface area contributed by atoms with Gasteiger partial charge in [0, 0.05) is 10.7 Å². The quantitative estimate of drug-likeness (QED) is 0.356. The maximum Gasteiger partial charge on any atom is 0.325 e. The molecule has 0 aromatic heterocycles. The number of carbonyl (C=O) groups is 2. The largest absolute Gasteiger partial charge is 0.480 e. The fraction of sp³-hybridized carbons (Fsp3) is 0.231. The van der Waals surface area contributed by atoms with E-state index in [9.17, 15) is 9.59 Å². The van der Waals surface area contributed by atoms with Gasteiger partial charge in [0.15, 0.2) is 0 Å². The molecular formula is C26H26Cl2N2O3. The number of hydrogen-bond acceptors (Lipinski definition) is 3. The number of nitrogens with one attached hydrogen (secondary N) is 2. The zero-order valence-corrected chi connectivity index (χ0v) is 20.4. The van der Waals surface area contributed by atoms with Gasteiger partial charge in [-0.2, -0.15) is 0 Å². The van der Waals surface area contributed by atoms with E-state index in [1.54, 1.807) is 18.2 Å². The van der Waals surface area contributed by atoms with Crippen LogP contribution in [0.15, 0.2) is 60.7 Å². The van der Waals surface area contributed by atoms with E-state index in [1.165, 1.54) is 6.92 Å². The SMILES string of the molecule is Cc1cc(C(C)(C)Nc2cccc(-c3ccc(C(=O)NC(C)C(=O)O)c(Cl)c3)c2)ccc1Cl. The van der Waals surface area contributed by atoms with E-state index in [2.05, 4.69) is 30.5 Å². The second-order valence-electron chi connectivity index (χ2n) is 8.52. The summed E-state index contributed by atoms with van der Waals surface area (Å²) in [4.78, 5) is 23.3. The Labute approximate surface area is 203 Å². The number of carbonyl (C=O) groups excluding carboxylic acids is 1. The smallest absolute Gasteiger partial charge is 0.325 e. The van der Waals surface area contributed by atoms with Gasteiger partial charge >= 0.3 is 5.97 Å². The van der Waals surface area contributed by atoms with E-state index in [-0.39, 0.29) is 16.1 Å². The van der Waals surface area contributed by atoms with Gasteiger partial charge in [0.25, 0.3) is 5.91 Å². The Morgan fingerprint density at radius 3 is 2.27 bits per heavy atom. The molecule has 0 fully saturated rings. The lowest BCUT2D eigenvalue weighted by Crippen LogP contribution is -2.38. The van der Waals surface area contributed by atoms with E-state index in [0.717, 1.165) is 33.0 Å².